The maximum atomic E-state index is 9.33. The van der Waals surface area contributed by atoms with E-state index in [0.717, 1.165) is 11.0 Å². The Bertz CT molecular complexity index is 421. The molecule has 0 aromatic heterocycles. The summed E-state index contributed by atoms with van der Waals surface area (Å²) in [5.41, 5.74) is 1.40. The Morgan fingerprint density at radius 3 is 1.94 bits per heavy atom. The molecule has 0 fully saturated rings. The second-order valence-electron chi connectivity index (χ2n) is 4.59. The van der Waals surface area contributed by atoms with Crippen LogP contribution >= 0.6 is 0 Å². The lowest BCUT2D eigenvalue weighted by molar-refractivity contribution is -0.884. The molecule has 96 valence electrons. The third kappa shape index (κ3) is 11.1. The molecule has 4 nitrogen and oxygen atoms in total. The van der Waals surface area contributed by atoms with Gasteiger partial charge in [-0.3, -0.25) is 0 Å². The molecule has 17 heavy (non-hydrogen) atoms. The second kappa shape index (κ2) is 6.54. The summed E-state index contributed by atoms with van der Waals surface area (Å²) in [4.78, 5) is 0. The summed E-state index contributed by atoms with van der Waals surface area (Å²) in [5.74, 6) is 0. The molecule has 1 rings (SSSR count). The lowest BCUT2D eigenvalue weighted by atomic mass is 10.2. The van der Waals surface area contributed by atoms with Gasteiger partial charge in [-0.05, 0) is 0 Å². The standard InChI is InChI=1S/C10H16N.C2H4O3S/c1-11(2,3)9-10-7-5-4-6-8-10;1-2-6(3,4)5/h4-8H,9H2,1-3H3;2H,1H2,(H,3,4,5)/q+1;/p-1. The maximum absolute atomic E-state index is 9.33. The Morgan fingerprint density at radius 2 is 1.65 bits per heavy atom. The average molecular weight is 257 g/mol. The van der Waals surface area contributed by atoms with Crippen LogP contribution in [-0.2, 0) is 16.7 Å². The molecule has 0 saturated carbocycles. The average Bonchev–Trinajstić information content (AvgIpc) is 2.16. The summed E-state index contributed by atoms with van der Waals surface area (Å²) in [6, 6.07) is 10.6. The molecular weight excluding hydrogens is 238 g/mol. The summed E-state index contributed by atoms with van der Waals surface area (Å²) in [6.07, 6.45) is 0. The van der Waals surface area contributed by atoms with Crippen LogP contribution in [0, 0.1) is 0 Å². The van der Waals surface area contributed by atoms with E-state index in [0.29, 0.717) is 5.41 Å². The number of quaternary nitrogens is 1. The third-order valence-corrected chi connectivity index (χ3v) is 2.11. The van der Waals surface area contributed by atoms with E-state index < -0.39 is 10.1 Å². The highest BCUT2D eigenvalue weighted by Gasteiger charge is 2.06. The van der Waals surface area contributed by atoms with Gasteiger partial charge in [0.1, 0.15) is 16.7 Å². The first-order valence-electron chi connectivity index (χ1n) is 5.07. The van der Waals surface area contributed by atoms with Gasteiger partial charge in [0, 0.05) is 11.0 Å². The zero-order valence-corrected chi connectivity index (χ0v) is 11.3. The molecule has 0 spiro atoms. The Balaban J connectivity index is 0.000000366. The topological polar surface area (TPSA) is 57.2 Å². The van der Waals surface area contributed by atoms with Crippen LogP contribution in [0.4, 0.5) is 0 Å². The van der Waals surface area contributed by atoms with Crippen LogP contribution in [0.1, 0.15) is 5.56 Å². The van der Waals surface area contributed by atoms with Crippen molar-refractivity contribution in [1.82, 2.24) is 0 Å². The smallest absolute Gasteiger partial charge is 0.116 e. The molecule has 1 aromatic carbocycles. The first-order valence-corrected chi connectivity index (χ1v) is 6.54. The number of nitrogens with zero attached hydrogens (tertiary/aromatic N) is 1. The molecule has 0 atom stereocenters. The maximum Gasteiger partial charge on any atom is 0.116 e. The molecule has 0 radical (unpaired) electrons. The highest BCUT2D eigenvalue weighted by Crippen LogP contribution is 2.05. The second-order valence-corrected chi connectivity index (χ2v) is 5.91. The van der Waals surface area contributed by atoms with Gasteiger partial charge in [0.2, 0.25) is 0 Å². The van der Waals surface area contributed by atoms with Crippen molar-refractivity contribution in [1.29, 1.82) is 0 Å². The van der Waals surface area contributed by atoms with Gasteiger partial charge in [0.05, 0.1) is 21.1 Å². The monoisotopic (exact) mass is 257 g/mol. The Morgan fingerprint density at radius 1 is 1.24 bits per heavy atom. The predicted octanol–water partition coefficient (Wildman–Crippen LogP) is 1.57. The van der Waals surface area contributed by atoms with Crippen molar-refractivity contribution in [2.75, 3.05) is 21.1 Å². The Labute approximate surface area is 104 Å². The zero-order chi connectivity index (χ0) is 13.5. The molecule has 0 saturated heterocycles. The molecule has 0 aliphatic heterocycles. The van der Waals surface area contributed by atoms with E-state index in [2.05, 4.69) is 58.1 Å². The van der Waals surface area contributed by atoms with E-state index in [9.17, 15) is 13.0 Å². The van der Waals surface area contributed by atoms with E-state index in [1.165, 1.54) is 5.56 Å². The fourth-order valence-corrected chi connectivity index (χ4v) is 1.13. The van der Waals surface area contributed by atoms with Crippen molar-refractivity contribution in [2.45, 2.75) is 6.54 Å². The van der Waals surface area contributed by atoms with Crippen molar-refractivity contribution in [2.24, 2.45) is 0 Å². The van der Waals surface area contributed by atoms with Crippen molar-refractivity contribution in [3.63, 3.8) is 0 Å². The van der Waals surface area contributed by atoms with Gasteiger partial charge in [-0.1, -0.05) is 36.9 Å². The lowest BCUT2D eigenvalue weighted by Crippen LogP contribution is -2.33. The first kappa shape index (κ1) is 15.8. The van der Waals surface area contributed by atoms with Gasteiger partial charge < -0.3 is 9.04 Å². The molecular formula is C12H19NO3S. The van der Waals surface area contributed by atoms with Crippen LogP contribution in [0.2, 0.25) is 0 Å². The molecule has 0 aliphatic carbocycles. The van der Waals surface area contributed by atoms with Crippen molar-refractivity contribution in [3.8, 4) is 0 Å². The molecule has 0 aliphatic rings. The van der Waals surface area contributed by atoms with Crippen LogP contribution in [0.5, 0.6) is 0 Å². The van der Waals surface area contributed by atoms with Crippen LogP contribution in [0.25, 0.3) is 0 Å². The van der Waals surface area contributed by atoms with Crippen molar-refractivity contribution < 1.29 is 17.5 Å². The molecule has 0 N–H and O–H groups in total. The summed E-state index contributed by atoms with van der Waals surface area (Å²) < 4.78 is 29.0. The molecule has 0 heterocycles. The van der Waals surface area contributed by atoms with E-state index in [-0.39, 0.29) is 0 Å². The van der Waals surface area contributed by atoms with Crippen molar-refractivity contribution >= 4 is 10.1 Å². The van der Waals surface area contributed by atoms with Gasteiger partial charge in [-0.2, -0.15) is 0 Å². The van der Waals surface area contributed by atoms with Crippen molar-refractivity contribution in [3.05, 3.63) is 47.9 Å². The van der Waals surface area contributed by atoms with E-state index >= 15 is 0 Å². The van der Waals surface area contributed by atoms with Crippen LogP contribution in [-0.4, -0.2) is 38.6 Å². The minimum absolute atomic E-state index is 0.354. The fourth-order valence-electron chi connectivity index (χ4n) is 1.13. The summed E-state index contributed by atoms with van der Waals surface area (Å²) in [5, 5.41) is 0.354. The molecule has 0 bridgehead atoms. The quantitative estimate of drug-likeness (QED) is 0.610. The van der Waals surface area contributed by atoms with Gasteiger partial charge in [-0.25, -0.2) is 8.42 Å². The highest BCUT2D eigenvalue weighted by atomic mass is 32.2. The van der Waals surface area contributed by atoms with Gasteiger partial charge in [0.15, 0.2) is 0 Å². The minimum Gasteiger partial charge on any atom is -0.745 e. The number of rotatable bonds is 3. The van der Waals surface area contributed by atoms with E-state index in [4.69, 9.17) is 0 Å². The Hall–Kier alpha value is -1.17. The molecule has 1 aromatic rings. The predicted molar refractivity (Wildman–Crippen MR) is 68.1 cm³/mol. The Kier molecular flexibility index (Phi) is 6.09. The highest BCUT2D eigenvalue weighted by molar-refractivity contribution is 7.88. The van der Waals surface area contributed by atoms with Gasteiger partial charge >= 0.3 is 0 Å². The third-order valence-electron chi connectivity index (χ3n) is 1.70. The fraction of sp³-hybridized carbons (Fsp3) is 0.333. The number of hydrogen-bond acceptors (Lipinski definition) is 3. The SMILES string of the molecule is C=CS(=O)(=O)[O-].C[N+](C)(C)Cc1ccccc1. The minimum atomic E-state index is -4.15. The molecule has 5 heteroatoms. The van der Waals surface area contributed by atoms with Gasteiger partial charge in [0.25, 0.3) is 0 Å². The largest absolute Gasteiger partial charge is 0.745 e. The lowest BCUT2D eigenvalue weighted by Gasteiger charge is -2.23. The van der Waals surface area contributed by atoms with Crippen LogP contribution < -0.4 is 0 Å². The summed E-state index contributed by atoms with van der Waals surface area (Å²) in [7, 11) is 2.46. The van der Waals surface area contributed by atoms with E-state index in [1.807, 2.05) is 0 Å². The van der Waals surface area contributed by atoms with Crippen LogP contribution in [0.15, 0.2) is 42.3 Å². The normalized spacial score (nSPS) is 11.3. The number of hydrogen-bond donors (Lipinski definition) is 0. The van der Waals surface area contributed by atoms with Gasteiger partial charge in [-0.15, -0.1) is 0 Å². The van der Waals surface area contributed by atoms with E-state index in [1.54, 1.807) is 0 Å². The molecule has 0 unspecified atom stereocenters. The first-order chi connectivity index (χ1) is 7.64. The summed E-state index contributed by atoms with van der Waals surface area (Å²) in [6.45, 7) is 3.83. The van der Waals surface area contributed by atoms with Crippen LogP contribution in [0.3, 0.4) is 0 Å². The number of benzene rings is 1. The summed E-state index contributed by atoms with van der Waals surface area (Å²) >= 11 is 0. The molecule has 0 amide bonds. The zero-order valence-electron chi connectivity index (χ0n) is 10.5.